The molecule has 1 aromatic carbocycles. The van der Waals surface area contributed by atoms with Crippen LogP contribution in [0, 0.1) is 5.92 Å². The monoisotopic (exact) mass is 254 g/mol. The van der Waals surface area contributed by atoms with Gasteiger partial charge < -0.3 is 10.3 Å². The molecule has 3 rings (SSSR count). The minimum atomic E-state index is 0.0275. The predicted molar refractivity (Wildman–Crippen MR) is 77.1 cm³/mol. The van der Waals surface area contributed by atoms with Crippen LogP contribution in [0.1, 0.15) is 29.6 Å². The lowest BCUT2D eigenvalue weighted by molar-refractivity contribution is 0.0948. The van der Waals surface area contributed by atoms with E-state index in [-0.39, 0.29) is 5.91 Å². The smallest absolute Gasteiger partial charge is 0.251 e. The van der Waals surface area contributed by atoms with Crippen LogP contribution in [0.5, 0.6) is 0 Å². The molecule has 0 fully saturated rings. The van der Waals surface area contributed by atoms with Gasteiger partial charge in [0.05, 0.1) is 0 Å². The summed E-state index contributed by atoms with van der Waals surface area (Å²) in [6.45, 7) is 0.768. The standard InChI is InChI=1S/C16H18N2O/c19-16(18-11-12-5-2-1-3-6-12)14-7-4-8-15-13(14)9-10-17-15/h1-2,4,7-10,12,17H,3,5-6,11H2,(H,18,19). The zero-order valence-electron chi connectivity index (χ0n) is 10.9. The first-order valence-corrected chi connectivity index (χ1v) is 6.84. The first-order chi connectivity index (χ1) is 9.34. The number of aromatic nitrogens is 1. The molecule has 1 atom stereocenters. The molecule has 19 heavy (non-hydrogen) atoms. The molecule has 0 spiro atoms. The van der Waals surface area contributed by atoms with Gasteiger partial charge in [-0.3, -0.25) is 4.79 Å². The Morgan fingerprint density at radius 3 is 3.11 bits per heavy atom. The molecule has 2 aromatic rings. The van der Waals surface area contributed by atoms with Crippen molar-refractivity contribution in [1.29, 1.82) is 0 Å². The number of nitrogens with one attached hydrogen (secondary N) is 2. The highest BCUT2D eigenvalue weighted by Gasteiger charge is 2.14. The van der Waals surface area contributed by atoms with Gasteiger partial charge >= 0.3 is 0 Å². The molecule has 1 amide bonds. The van der Waals surface area contributed by atoms with Crippen LogP contribution in [0.3, 0.4) is 0 Å². The van der Waals surface area contributed by atoms with Gasteiger partial charge in [-0.2, -0.15) is 0 Å². The molecule has 1 unspecified atom stereocenters. The second-order valence-electron chi connectivity index (χ2n) is 5.10. The fourth-order valence-electron chi connectivity index (χ4n) is 2.66. The molecule has 3 nitrogen and oxygen atoms in total. The summed E-state index contributed by atoms with van der Waals surface area (Å²) in [5, 5.41) is 4.05. The number of carbonyl (C=O) groups excluding carboxylic acids is 1. The van der Waals surface area contributed by atoms with Gasteiger partial charge in [-0.15, -0.1) is 0 Å². The van der Waals surface area contributed by atoms with Crippen molar-refractivity contribution in [2.75, 3.05) is 6.54 Å². The molecule has 0 bridgehead atoms. The van der Waals surface area contributed by atoms with Crippen LogP contribution in [-0.2, 0) is 0 Å². The van der Waals surface area contributed by atoms with Crippen molar-refractivity contribution in [1.82, 2.24) is 10.3 Å². The van der Waals surface area contributed by atoms with E-state index in [1.165, 1.54) is 6.42 Å². The van der Waals surface area contributed by atoms with Crippen molar-refractivity contribution in [2.45, 2.75) is 19.3 Å². The number of H-pyrrole nitrogens is 1. The lowest BCUT2D eigenvalue weighted by atomic mass is 9.94. The van der Waals surface area contributed by atoms with E-state index in [4.69, 9.17) is 0 Å². The summed E-state index contributed by atoms with van der Waals surface area (Å²) in [6.07, 6.45) is 9.69. The molecule has 1 aromatic heterocycles. The Balaban J connectivity index is 1.70. The van der Waals surface area contributed by atoms with Crippen LogP contribution in [-0.4, -0.2) is 17.4 Å². The first kappa shape index (κ1) is 12.0. The van der Waals surface area contributed by atoms with E-state index in [9.17, 15) is 4.79 Å². The largest absolute Gasteiger partial charge is 0.361 e. The highest BCUT2D eigenvalue weighted by Crippen LogP contribution is 2.19. The van der Waals surface area contributed by atoms with Crippen molar-refractivity contribution in [3.05, 3.63) is 48.2 Å². The van der Waals surface area contributed by atoms with E-state index in [2.05, 4.69) is 22.5 Å². The Labute approximate surface area is 112 Å². The second kappa shape index (κ2) is 5.31. The van der Waals surface area contributed by atoms with Crippen molar-refractivity contribution < 1.29 is 4.79 Å². The van der Waals surface area contributed by atoms with E-state index >= 15 is 0 Å². The highest BCUT2D eigenvalue weighted by molar-refractivity contribution is 6.06. The SMILES string of the molecule is O=C(NCC1CC=CCC1)c1cccc2[nH]ccc12. The summed E-state index contributed by atoms with van der Waals surface area (Å²) >= 11 is 0. The molecule has 1 aliphatic carbocycles. The van der Waals surface area contributed by atoms with Crippen LogP contribution in [0.25, 0.3) is 10.9 Å². The van der Waals surface area contributed by atoms with Crippen molar-refractivity contribution in [3.8, 4) is 0 Å². The van der Waals surface area contributed by atoms with E-state index in [1.54, 1.807) is 0 Å². The van der Waals surface area contributed by atoms with E-state index in [0.29, 0.717) is 5.92 Å². The predicted octanol–water partition coefficient (Wildman–Crippen LogP) is 3.25. The summed E-state index contributed by atoms with van der Waals surface area (Å²) in [7, 11) is 0. The van der Waals surface area contributed by atoms with Crippen LogP contribution in [0.4, 0.5) is 0 Å². The maximum atomic E-state index is 12.3. The van der Waals surface area contributed by atoms with Crippen LogP contribution >= 0.6 is 0 Å². The molecule has 0 aliphatic heterocycles. The quantitative estimate of drug-likeness (QED) is 0.811. The Morgan fingerprint density at radius 1 is 1.32 bits per heavy atom. The molecule has 1 aliphatic rings. The minimum Gasteiger partial charge on any atom is -0.361 e. The van der Waals surface area contributed by atoms with Gasteiger partial charge in [-0.05, 0) is 43.4 Å². The molecular formula is C16H18N2O. The van der Waals surface area contributed by atoms with Gasteiger partial charge in [-0.25, -0.2) is 0 Å². The van der Waals surface area contributed by atoms with Gasteiger partial charge in [0.2, 0.25) is 0 Å². The zero-order valence-corrected chi connectivity index (χ0v) is 10.9. The van der Waals surface area contributed by atoms with Crippen molar-refractivity contribution in [3.63, 3.8) is 0 Å². The van der Waals surface area contributed by atoms with Gasteiger partial charge in [0.15, 0.2) is 0 Å². The minimum absolute atomic E-state index is 0.0275. The molecule has 1 heterocycles. The van der Waals surface area contributed by atoms with Crippen LogP contribution < -0.4 is 5.32 Å². The van der Waals surface area contributed by atoms with Crippen molar-refractivity contribution >= 4 is 16.8 Å². The molecular weight excluding hydrogens is 236 g/mol. The molecule has 0 radical (unpaired) electrons. The number of fused-ring (bicyclic) bond motifs is 1. The Kier molecular flexibility index (Phi) is 3.36. The number of hydrogen-bond donors (Lipinski definition) is 2. The number of amides is 1. The third kappa shape index (κ3) is 2.55. The van der Waals surface area contributed by atoms with E-state index < -0.39 is 0 Å². The van der Waals surface area contributed by atoms with E-state index in [0.717, 1.165) is 35.9 Å². The molecule has 0 saturated heterocycles. The molecule has 98 valence electrons. The maximum absolute atomic E-state index is 12.3. The summed E-state index contributed by atoms with van der Waals surface area (Å²) in [4.78, 5) is 15.4. The third-order valence-electron chi connectivity index (χ3n) is 3.77. The van der Waals surface area contributed by atoms with Gasteiger partial charge in [0.25, 0.3) is 5.91 Å². The van der Waals surface area contributed by atoms with E-state index in [1.807, 2.05) is 30.5 Å². The maximum Gasteiger partial charge on any atom is 0.251 e. The van der Waals surface area contributed by atoms with Gasteiger partial charge in [0.1, 0.15) is 0 Å². The number of benzene rings is 1. The summed E-state index contributed by atoms with van der Waals surface area (Å²) in [5.74, 6) is 0.610. The topological polar surface area (TPSA) is 44.9 Å². The second-order valence-corrected chi connectivity index (χ2v) is 5.10. The number of allylic oxidation sites excluding steroid dienone is 2. The average Bonchev–Trinajstić information content (AvgIpc) is 2.94. The molecule has 0 saturated carbocycles. The summed E-state index contributed by atoms with van der Waals surface area (Å²) < 4.78 is 0. The average molecular weight is 254 g/mol. The third-order valence-corrected chi connectivity index (χ3v) is 3.77. The zero-order chi connectivity index (χ0) is 13.1. The van der Waals surface area contributed by atoms with Gasteiger partial charge in [-0.1, -0.05) is 18.2 Å². The summed E-state index contributed by atoms with van der Waals surface area (Å²) in [6, 6.07) is 7.73. The Bertz CT molecular complexity index is 612. The Morgan fingerprint density at radius 2 is 2.26 bits per heavy atom. The van der Waals surface area contributed by atoms with Crippen molar-refractivity contribution in [2.24, 2.45) is 5.92 Å². The number of aromatic amines is 1. The molecule has 2 N–H and O–H groups in total. The lowest BCUT2D eigenvalue weighted by Crippen LogP contribution is -2.29. The number of carbonyl (C=O) groups is 1. The Hall–Kier alpha value is -2.03. The van der Waals surface area contributed by atoms with Crippen LogP contribution in [0.2, 0.25) is 0 Å². The number of hydrogen-bond acceptors (Lipinski definition) is 1. The fraction of sp³-hybridized carbons (Fsp3) is 0.312. The first-order valence-electron chi connectivity index (χ1n) is 6.84. The molecule has 3 heteroatoms. The fourth-order valence-corrected chi connectivity index (χ4v) is 2.66. The number of rotatable bonds is 3. The highest BCUT2D eigenvalue weighted by atomic mass is 16.1. The summed E-state index contributed by atoms with van der Waals surface area (Å²) in [5.41, 5.74) is 1.76. The lowest BCUT2D eigenvalue weighted by Gasteiger charge is -2.18. The van der Waals surface area contributed by atoms with Gasteiger partial charge in [0, 0.05) is 29.2 Å². The normalized spacial score (nSPS) is 18.6. The van der Waals surface area contributed by atoms with Crippen LogP contribution in [0.15, 0.2) is 42.6 Å².